The Kier molecular flexibility index (Phi) is 6.01. The molecule has 1 amide bonds. The number of hydrogen-bond acceptors (Lipinski definition) is 2. The zero-order valence-electron chi connectivity index (χ0n) is 19.5. The van der Waals surface area contributed by atoms with E-state index in [1.807, 2.05) is 59.6 Å². The predicted octanol–water partition coefficient (Wildman–Crippen LogP) is 6.15. The average Bonchev–Trinajstić information content (AvgIpc) is 3.20. The highest BCUT2D eigenvalue weighted by Crippen LogP contribution is 2.31. The maximum absolute atomic E-state index is 15.0. The van der Waals surface area contributed by atoms with Gasteiger partial charge in [-0.15, -0.1) is 0 Å². The van der Waals surface area contributed by atoms with Crippen molar-refractivity contribution in [3.8, 4) is 0 Å². The molecular formula is C29H28FN3O. The van der Waals surface area contributed by atoms with Gasteiger partial charge in [0.05, 0.1) is 11.4 Å². The molecule has 0 spiro atoms. The van der Waals surface area contributed by atoms with E-state index in [1.54, 1.807) is 12.1 Å². The van der Waals surface area contributed by atoms with E-state index in [1.165, 1.54) is 6.07 Å². The lowest BCUT2D eigenvalue weighted by molar-refractivity contribution is -0.119. The lowest BCUT2D eigenvalue weighted by Crippen LogP contribution is -2.40. The molecule has 34 heavy (non-hydrogen) atoms. The smallest absolute Gasteiger partial charge is 0.252 e. The van der Waals surface area contributed by atoms with Crippen LogP contribution in [0.1, 0.15) is 37.0 Å². The number of fused-ring (bicyclic) bond motifs is 2. The van der Waals surface area contributed by atoms with Crippen LogP contribution in [0.25, 0.3) is 10.9 Å². The van der Waals surface area contributed by atoms with Crippen molar-refractivity contribution in [1.82, 2.24) is 4.98 Å². The van der Waals surface area contributed by atoms with Crippen LogP contribution in [0.3, 0.4) is 0 Å². The molecule has 1 aliphatic rings. The number of halogens is 1. The number of para-hydroxylation sites is 2. The zero-order chi connectivity index (χ0) is 23.7. The molecule has 1 unspecified atom stereocenters. The van der Waals surface area contributed by atoms with Crippen molar-refractivity contribution in [3.63, 3.8) is 0 Å². The molecular weight excluding hydrogens is 425 g/mol. The van der Waals surface area contributed by atoms with Gasteiger partial charge in [0, 0.05) is 41.2 Å². The minimum absolute atomic E-state index is 0.0512. The van der Waals surface area contributed by atoms with Crippen LogP contribution in [0.5, 0.6) is 0 Å². The number of hydrogen-bond donors (Lipinski definition) is 1. The second kappa shape index (κ2) is 9.26. The standard InChI is InChI=1S/C29H28FN3O/c1-19(2)15-16-33-27-14-8-5-11-23(27)28(22-10-3-6-12-24(22)30)32-26(29(33)34)17-20-18-31-25-13-7-4-9-21(20)25/h3-14,18-19,26,31H,15-17H2,1-2H3. The van der Waals surface area contributed by atoms with Crippen molar-refractivity contribution in [2.24, 2.45) is 10.9 Å². The highest BCUT2D eigenvalue weighted by Gasteiger charge is 2.33. The van der Waals surface area contributed by atoms with E-state index in [4.69, 9.17) is 4.99 Å². The van der Waals surface area contributed by atoms with Crippen LogP contribution in [0.2, 0.25) is 0 Å². The average molecular weight is 454 g/mol. The van der Waals surface area contributed by atoms with Gasteiger partial charge in [0.15, 0.2) is 0 Å². The number of carbonyl (C=O) groups is 1. The molecule has 0 aliphatic carbocycles. The van der Waals surface area contributed by atoms with E-state index in [9.17, 15) is 9.18 Å². The van der Waals surface area contributed by atoms with Crippen LogP contribution in [0.4, 0.5) is 10.1 Å². The summed E-state index contributed by atoms with van der Waals surface area (Å²) in [5, 5.41) is 1.08. The van der Waals surface area contributed by atoms with Gasteiger partial charge in [-0.2, -0.15) is 0 Å². The third kappa shape index (κ3) is 4.14. The first kappa shape index (κ1) is 22.1. The molecule has 5 rings (SSSR count). The molecule has 0 radical (unpaired) electrons. The SMILES string of the molecule is CC(C)CCN1C(=O)C(Cc2c[nH]c3ccccc23)N=C(c2ccccc2F)c2ccccc21. The van der Waals surface area contributed by atoms with Crippen molar-refractivity contribution in [2.45, 2.75) is 32.7 Å². The Labute approximate surface area is 199 Å². The van der Waals surface area contributed by atoms with E-state index in [-0.39, 0.29) is 11.7 Å². The van der Waals surface area contributed by atoms with Crippen LogP contribution in [0, 0.1) is 11.7 Å². The highest BCUT2D eigenvalue weighted by molar-refractivity contribution is 6.20. The summed E-state index contributed by atoms with van der Waals surface area (Å²) < 4.78 is 15.0. The number of aromatic nitrogens is 1. The molecule has 1 aliphatic heterocycles. The maximum Gasteiger partial charge on any atom is 0.252 e. The summed E-state index contributed by atoms with van der Waals surface area (Å²) in [6.45, 7) is 4.90. The fraction of sp³-hybridized carbons (Fsp3) is 0.241. The van der Waals surface area contributed by atoms with E-state index >= 15 is 0 Å². The third-order valence-electron chi connectivity index (χ3n) is 6.43. The minimum atomic E-state index is -0.659. The normalized spacial score (nSPS) is 16.0. The first-order chi connectivity index (χ1) is 16.5. The van der Waals surface area contributed by atoms with Crippen LogP contribution in [0.15, 0.2) is 84.0 Å². The number of amides is 1. The fourth-order valence-corrected chi connectivity index (χ4v) is 4.62. The summed E-state index contributed by atoms with van der Waals surface area (Å²) in [7, 11) is 0. The van der Waals surface area contributed by atoms with Gasteiger partial charge in [0.25, 0.3) is 5.91 Å². The summed E-state index contributed by atoms with van der Waals surface area (Å²) in [4.78, 5) is 24.1. The molecule has 172 valence electrons. The molecule has 5 heteroatoms. The van der Waals surface area contributed by atoms with Gasteiger partial charge in [-0.3, -0.25) is 9.79 Å². The second-order valence-corrected chi connectivity index (χ2v) is 9.23. The molecule has 4 aromatic rings. The van der Waals surface area contributed by atoms with E-state index in [0.717, 1.165) is 34.1 Å². The molecule has 4 nitrogen and oxygen atoms in total. The van der Waals surface area contributed by atoms with E-state index in [0.29, 0.717) is 30.2 Å². The molecule has 0 saturated heterocycles. The molecule has 3 aromatic carbocycles. The molecule has 2 heterocycles. The van der Waals surface area contributed by atoms with Crippen LogP contribution in [-0.2, 0) is 11.2 Å². The first-order valence-corrected chi connectivity index (χ1v) is 11.8. The summed E-state index contributed by atoms with van der Waals surface area (Å²) in [5.41, 5.74) is 4.57. The third-order valence-corrected chi connectivity index (χ3v) is 6.43. The van der Waals surface area contributed by atoms with Crippen molar-refractivity contribution in [1.29, 1.82) is 0 Å². The summed E-state index contributed by atoms with van der Waals surface area (Å²) in [5.74, 6) is 0.0527. The van der Waals surface area contributed by atoms with E-state index < -0.39 is 6.04 Å². The van der Waals surface area contributed by atoms with Crippen LogP contribution < -0.4 is 4.90 Å². The number of nitrogens with zero attached hydrogens (tertiary/aromatic N) is 2. The lowest BCUT2D eigenvalue weighted by atomic mass is 9.99. The second-order valence-electron chi connectivity index (χ2n) is 9.23. The topological polar surface area (TPSA) is 48.5 Å². The van der Waals surface area contributed by atoms with Gasteiger partial charge >= 0.3 is 0 Å². The van der Waals surface area contributed by atoms with Gasteiger partial charge in [0.1, 0.15) is 11.9 Å². The quantitative estimate of drug-likeness (QED) is 0.374. The number of benzene rings is 3. The van der Waals surface area contributed by atoms with Gasteiger partial charge in [-0.25, -0.2) is 4.39 Å². The minimum Gasteiger partial charge on any atom is -0.361 e. The largest absolute Gasteiger partial charge is 0.361 e. The predicted molar refractivity (Wildman–Crippen MR) is 136 cm³/mol. The monoisotopic (exact) mass is 453 g/mol. The number of carbonyl (C=O) groups excluding carboxylic acids is 1. The first-order valence-electron chi connectivity index (χ1n) is 11.8. The Bertz CT molecular complexity index is 1370. The van der Waals surface area contributed by atoms with Crippen molar-refractivity contribution in [3.05, 3.63) is 102 Å². The zero-order valence-corrected chi connectivity index (χ0v) is 19.5. The number of anilines is 1. The summed E-state index contributed by atoms with van der Waals surface area (Å²) >= 11 is 0. The van der Waals surface area contributed by atoms with Gasteiger partial charge in [-0.1, -0.05) is 62.4 Å². The molecule has 0 fully saturated rings. The van der Waals surface area contributed by atoms with E-state index in [2.05, 4.69) is 24.9 Å². The lowest BCUT2D eigenvalue weighted by Gasteiger charge is -2.26. The molecule has 1 aromatic heterocycles. The van der Waals surface area contributed by atoms with Gasteiger partial charge in [-0.05, 0) is 42.2 Å². The Hall–Kier alpha value is -3.73. The molecule has 1 atom stereocenters. The summed E-state index contributed by atoms with van der Waals surface area (Å²) in [6.07, 6.45) is 3.26. The number of H-pyrrole nitrogens is 1. The molecule has 1 N–H and O–H groups in total. The van der Waals surface area contributed by atoms with Crippen molar-refractivity contribution >= 4 is 28.2 Å². The van der Waals surface area contributed by atoms with Crippen LogP contribution >= 0.6 is 0 Å². The Balaban J connectivity index is 1.66. The van der Waals surface area contributed by atoms with Crippen molar-refractivity contribution < 1.29 is 9.18 Å². The number of rotatable bonds is 6. The molecule has 0 saturated carbocycles. The van der Waals surface area contributed by atoms with Gasteiger partial charge in [0.2, 0.25) is 0 Å². The summed E-state index contributed by atoms with van der Waals surface area (Å²) in [6, 6.07) is 21.8. The number of benzodiazepines with no additional fused rings is 1. The van der Waals surface area contributed by atoms with Gasteiger partial charge < -0.3 is 9.88 Å². The molecule has 0 bridgehead atoms. The van der Waals surface area contributed by atoms with Crippen LogP contribution in [-0.4, -0.2) is 29.2 Å². The van der Waals surface area contributed by atoms with Crippen molar-refractivity contribution in [2.75, 3.05) is 11.4 Å². The maximum atomic E-state index is 15.0. The Morgan fingerprint density at radius 1 is 0.971 bits per heavy atom. The fourth-order valence-electron chi connectivity index (χ4n) is 4.62. The Morgan fingerprint density at radius 2 is 1.68 bits per heavy atom. The Morgan fingerprint density at radius 3 is 2.47 bits per heavy atom. The number of nitrogens with one attached hydrogen (secondary N) is 1. The highest BCUT2D eigenvalue weighted by atomic mass is 19.1. The number of aromatic amines is 1. The number of aliphatic imine (C=N–C) groups is 1.